The average Bonchev–Trinajstić information content (AvgIpc) is 3.28. The first kappa shape index (κ1) is 19.5. The molecule has 5 rings (SSSR count). The predicted molar refractivity (Wildman–Crippen MR) is 115 cm³/mol. The van der Waals surface area contributed by atoms with Crippen LogP contribution < -0.4 is 0 Å². The second kappa shape index (κ2) is 7.67. The van der Waals surface area contributed by atoms with Crippen LogP contribution in [0.15, 0.2) is 42.5 Å². The molecule has 158 valence electrons. The van der Waals surface area contributed by atoms with Gasteiger partial charge in [-0.2, -0.15) is 0 Å². The first-order valence-corrected chi connectivity index (χ1v) is 10.5. The van der Waals surface area contributed by atoms with Crippen LogP contribution in [0.4, 0.5) is 0 Å². The Kier molecular flexibility index (Phi) is 4.82. The number of carbonyl (C=O) groups is 3. The van der Waals surface area contributed by atoms with Gasteiger partial charge in [0.25, 0.3) is 17.7 Å². The molecule has 0 saturated carbocycles. The molecule has 0 spiro atoms. The summed E-state index contributed by atoms with van der Waals surface area (Å²) in [5.41, 5.74) is 4.49. The van der Waals surface area contributed by atoms with Crippen molar-refractivity contribution < 1.29 is 19.1 Å². The zero-order valence-corrected chi connectivity index (χ0v) is 17.3. The third kappa shape index (κ3) is 3.21. The van der Waals surface area contributed by atoms with Gasteiger partial charge >= 0.3 is 0 Å². The van der Waals surface area contributed by atoms with Crippen molar-refractivity contribution in [1.82, 2.24) is 14.8 Å². The van der Waals surface area contributed by atoms with Gasteiger partial charge in [0, 0.05) is 67.5 Å². The largest absolute Gasteiger partial charge is 0.385 e. The molecule has 0 atom stereocenters. The van der Waals surface area contributed by atoms with Gasteiger partial charge in [-0.15, -0.1) is 0 Å². The van der Waals surface area contributed by atoms with Gasteiger partial charge in [0.15, 0.2) is 0 Å². The van der Waals surface area contributed by atoms with Gasteiger partial charge in [-0.1, -0.05) is 18.2 Å². The van der Waals surface area contributed by atoms with E-state index in [1.165, 1.54) is 10.6 Å². The number of hydrogen-bond acceptors (Lipinski definition) is 4. The molecule has 0 saturated heterocycles. The van der Waals surface area contributed by atoms with E-state index in [9.17, 15) is 14.4 Å². The zero-order valence-electron chi connectivity index (χ0n) is 17.3. The lowest BCUT2D eigenvalue weighted by Gasteiger charge is -2.27. The smallest absolute Gasteiger partial charge is 0.261 e. The van der Waals surface area contributed by atoms with Crippen molar-refractivity contribution in [2.45, 2.75) is 19.4 Å². The number of benzene rings is 2. The van der Waals surface area contributed by atoms with Crippen LogP contribution in [0.2, 0.25) is 0 Å². The fraction of sp³-hybridized carbons (Fsp3) is 0.292. The van der Waals surface area contributed by atoms with Crippen LogP contribution in [0.25, 0.3) is 10.9 Å². The van der Waals surface area contributed by atoms with Crippen LogP contribution in [0, 0.1) is 0 Å². The third-order valence-corrected chi connectivity index (χ3v) is 6.12. The van der Waals surface area contributed by atoms with Gasteiger partial charge in [0.2, 0.25) is 0 Å². The van der Waals surface area contributed by atoms with E-state index in [2.05, 4.69) is 11.1 Å². The fourth-order valence-electron chi connectivity index (χ4n) is 4.52. The van der Waals surface area contributed by atoms with Crippen LogP contribution in [0.1, 0.15) is 48.8 Å². The molecule has 7 heteroatoms. The minimum atomic E-state index is -0.344. The van der Waals surface area contributed by atoms with Crippen molar-refractivity contribution >= 4 is 28.6 Å². The number of aromatic amines is 1. The lowest BCUT2D eigenvalue weighted by Crippen LogP contribution is -2.35. The molecule has 1 N–H and O–H groups in total. The van der Waals surface area contributed by atoms with Gasteiger partial charge in [-0.25, -0.2) is 0 Å². The maximum absolute atomic E-state index is 13.2. The van der Waals surface area contributed by atoms with Gasteiger partial charge in [0.1, 0.15) is 0 Å². The second-order valence-corrected chi connectivity index (χ2v) is 7.97. The number of nitrogens with one attached hydrogen (secondary N) is 1. The van der Waals surface area contributed by atoms with E-state index in [1.807, 2.05) is 23.1 Å². The van der Waals surface area contributed by atoms with E-state index >= 15 is 0 Å². The van der Waals surface area contributed by atoms with Crippen LogP contribution in [-0.2, 0) is 17.7 Å². The Labute approximate surface area is 179 Å². The molecule has 0 fully saturated rings. The Hall–Kier alpha value is -3.45. The molecule has 31 heavy (non-hydrogen) atoms. The van der Waals surface area contributed by atoms with Crippen LogP contribution in [0.5, 0.6) is 0 Å². The number of fused-ring (bicyclic) bond motifs is 4. The topological polar surface area (TPSA) is 82.7 Å². The number of methoxy groups -OCH3 is 1. The number of H-pyrrole nitrogens is 1. The van der Waals surface area contributed by atoms with Crippen molar-refractivity contribution in [2.24, 2.45) is 0 Å². The van der Waals surface area contributed by atoms with Crippen molar-refractivity contribution in [3.63, 3.8) is 0 Å². The normalized spacial score (nSPS) is 15.5. The highest BCUT2D eigenvalue weighted by Crippen LogP contribution is 2.29. The minimum Gasteiger partial charge on any atom is -0.385 e. The zero-order chi connectivity index (χ0) is 21.5. The van der Waals surface area contributed by atoms with Crippen LogP contribution in [0.3, 0.4) is 0 Å². The molecule has 0 bridgehead atoms. The summed E-state index contributed by atoms with van der Waals surface area (Å²) in [6, 6.07) is 12.9. The summed E-state index contributed by atoms with van der Waals surface area (Å²) >= 11 is 0. The SMILES string of the molecule is COCCCN1C(=O)c2ccc(C(=O)N3CCc4[nH]c5ccccc5c4C3)cc2C1=O. The summed E-state index contributed by atoms with van der Waals surface area (Å²) in [5, 5.41) is 1.14. The van der Waals surface area contributed by atoms with Crippen molar-refractivity contribution in [3.05, 3.63) is 70.4 Å². The first-order valence-electron chi connectivity index (χ1n) is 10.5. The van der Waals surface area contributed by atoms with Crippen molar-refractivity contribution in [1.29, 1.82) is 0 Å². The highest BCUT2D eigenvalue weighted by atomic mass is 16.5. The Morgan fingerprint density at radius 2 is 1.90 bits per heavy atom. The van der Waals surface area contributed by atoms with E-state index in [-0.39, 0.29) is 17.7 Å². The molecule has 2 aromatic carbocycles. The standard InChI is InChI=1S/C24H23N3O4/c1-31-12-4-10-27-23(29)17-8-7-15(13-18(17)24(27)30)22(28)26-11-9-21-19(14-26)16-5-2-3-6-20(16)25-21/h2-3,5-8,13,25H,4,9-12,14H2,1H3. The van der Waals surface area contributed by atoms with Gasteiger partial charge in [0.05, 0.1) is 11.1 Å². The number of hydrogen-bond donors (Lipinski definition) is 1. The number of imide groups is 1. The Bertz CT molecular complexity index is 1210. The van der Waals surface area contributed by atoms with E-state index < -0.39 is 0 Å². The number of para-hydroxylation sites is 1. The third-order valence-electron chi connectivity index (χ3n) is 6.12. The predicted octanol–water partition coefficient (Wildman–Crippen LogP) is 3.00. The number of amides is 3. The lowest BCUT2D eigenvalue weighted by molar-refractivity contribution is 0.0638. The van der Waals surface area contributed by atoms with Crippen LogP contribution in [-0.4, -0.2) is 59.3 Å². The average molecular weight is 417 g/mol. The van der Waals surface area contributed by atoms with E-state index in [0.29, 0.717) is 49.4 Å². The Morgan fingerprint density at radius 3 is 2.74 bits per heavy atom. The number of carbonyl (C=O) groups excluding carboxylic acids is 3. The fourth-order valence-corrected chi connectivity index (χ4v) is 4.52. The maximum Gasteiger partial charge on any atom is 0.261 e. The van der Waals surface area contributed by atoms with Crippen molar-refractivity contribution in [3.8, 4) is 0 Å². The van der Waals surface area contributed by atoms with E-state index in [0.717, 1.165) is 22.9 Å². The molecule has 0 unspecified atom stereocenters. The molecule has 0 aliphatic carbocycles. The van der Waals surface area contributed by atoms with Gasteiger partial charge < -0.3 is 14.6 Å². The molecule has 2 aliphatic rings. The summed E-state index contributed by atoms with van der Waals surface area (Å²) in [7, 11) is 1.58. The molecule has 3 aromatic rings. The molecule has 1 aromatic heterocycles. The highest BCUT2D eigenvalue weighted by molar-refractivity contribution is 6.22. The monoisotopic (exact) mass is 417 g/mol. The summed E-state index contributed by atoms with van der Waals surface area (Å²) < 4.78 is 5.01. The number of rotatable bonds is 5. The van der Waals surface area contributed by atoms with Gasteiger partial charge in [-0.05, 0) is 30.7 Å². The quantitative estimate of drug-likeness (QED) is 0.511. The summed E-state index contributed by atoms with van der Waals surface area (Å²) in [6.07, 6.45) is 1.33. The number of aromatic nitrogens is 1. The van der Waals surface area contributed by atoms with E-state index in [4.69, 9.17) is 4.74 Å². The number of nitrogens with zero attached hydrogens (tertiary/aromatic N) is 2. The number of ether oxygens (including phenoxy) is 1. The Balaban J connectivity index is 1.38. The Morgan fingerprint density at radius 1 is 1.10 bits per heavy atom. The van der Waals surface area contributed by atoms with Crippen molar-refractivity contribution in [2.75, 3.05) is 26.8 Å². The molecular formula is C24H23N3O4. The first-order chi connectivity index (χ1) is 15.1. The summed E-state index contributed by atoms with van der Waals surface area (Å²) in [5.74, 6) is -0.781. The maximum atomic E-state index is 13.2. The second-order valence-electron chi connectivity index (χ2n) is 7.97. The van der Waals surface area contributed by atoms with Gasteiger partial charge in [-0.3, -0.25) is 19.3 Å². The van der Waals surface area contributed by atoms with Crippen LogP contribution >= 0.6 is 0 Å². The highest BCUT2D eigenvalue weighted by Gasteiger charge is 2.36. The molecule has 7 nitrogen and oxygen atoms in total. The molecule has 3 heterocycles. The molecule has 3 amide bonds. The molecule has 0 radical (unpaired) electrons. The lowest BCUT2D eigenvalue weighted by atomic mass is 10.0. The summed E-state index contributed by atoms with van der Waals surface area (Å²) in [4.78, 5) is 45.1. The molecular weight excluding hydrogens is 394 g/mol. The molecule has 2 aliphatic heterocycles. The minimum absolute atomic E-state index is 0.128. The summed E-state index contributed by atoms with van der Waals surface area (Å²) in [6.45, 7) is 1.90. The van der Waals surface area contributed by atoms with E-state index in [1.54, 1.807) is 25.3 Å².